The van der Waals surface area contributed by atoms with E-state index in [-0.39, 0.29) is 0 Å². The van der Waals surface area contributed by atoms with Crippen LogP contribution in [0.2, 0.25) is 0 Å². The minimum atomic E-state index is 0.478. The maximum Gasteiger partial charge on any atom is 0.0575 e. The van der Waals surface area contributed by atoms with Crippen LogP contribution in [0, 0.1) is 5.92 Å². The van der Waals surface area contributed by atoms with Crippen LogP contribution in [-0.2, 0) is 0 Å². The lowest BCUT2D eigenvalue weighted by Crippen LogP contribution is -2.17. The molecule has 0 aliphatic carbocycles. The fraction of sp³-hybridized carbons (Fsp3) is 0.500. The molecule has 64 valence electrons. The molecular weight excluding hydrogens is 148 g/mol. The average molecular weight is 162 g/mol. The summed E-state index contributed by atoms with van der Waals surface area (Å²) >= 11 is 0. The first kappa shape index (κ1) is 7.74. The van der Waals surface area contributed by atoms with Crippen LogP contribution < -0.4 is 5.32 Å². The van der Waals surface area contributed by atoms with Gasteiger partial charge in [-0.3, -0.25) is 4.98 Å². The van der Waals surface area contributed by atoms with Gasteiger partial charge in [0, 0.05) is 6.20 Å². The Balaban J connectivity index is 2.19. The topological polar surface area (TPSA) is 24.9 Å². The molecule has 2 atom stereocenters. The fourth-order valence-electron chi connectivity index (χ4n) is 1.79. The van der Waals surface area contributed by atoms with E-state index in [0.29, 0.717) is 6.04 Å². The molecule has 1 N–H and O–H groups in total. The average Bonchev–Trinajstić information content (AvgIpc) is 2.53. The first-order valence-electron chi connectivity index (χ1n) is 4.52. The molecule has 0 spiro atoms. The van der Waals surface area contributed by atoms with Gasteiger partial charge >= 0.3 is 0 Å². The van der Waals surface area contributed by atoms with E-state index < -0.39 is 0 Å². The Labute approximate surface area is 73.0 Å². The quantitative estimate of drug-likeness (QED) is 0.680. The highest BCUT2D eigenvalue weighted by Crippen LogP contribution is 2.26. The maximum absolute atomic E-state index is 4.35. The van der Waals surface area contributed by atoms with E-state index in [4.69, 9.17) is 0 Å². The molecule has 1 aromatic heterocycles. The third-order valence-electron chi connectivity index (χ3n) is 2.54. The second kappa shape index (κ2) is 3.23. The van der Waals surface area contributed by atoms with Crippen LogP contribution in [0.3, 0.4) is 0 Å². The van der Waals surface area contributed by atoms with Gasteiger partial charge in [-0.05, 0) is 31.0 Å². The molecule has 0 unspecified atom stereocenters. The standard InChI is InChI=1S/C10H14N2/c1-8-5-7-12-10(8)9-4-2-3-6-11-9/h2-4,6,8,10,12H,5,7H2,1H3/t8-,10-/m1/s1. The van der Waals surface area contributed by atoms with Crippen molar-refractivity contribution >= 4 is 0 Å². The molecule has 0 amide bonds. The van der Waals surface area contributed by atoms with Crippen molar-refractivity contribution in [1.29, 1.82) is 0 Å². The fourth-order valence-corrected chi connectivity index (χ4v) is 1.79. The Bertz CT molecular complexity index is 245. The summed E-state index contributed by atoms with van der Waals surface area (Å²) in [5.41, 5.74) is 1.18. The molecular formula is C10H14N2. The number of hydrogen-bond acceptors (Lipinski definition) is 2. The highest BCUT2D eigenvalue weighted by Gasteiger charge is 2.24. The molecule has 1 saturated heterocycles. The molecule has 0 saturated carbocycles. The molecule has 0 bridgehead atoms. The predicted molar refractivity (Wildman–Crippen MR) is 48.8 cm³/mol. The van der Waals surface area contributed by atoms with Crippen LogP contribution in [0.25, 0.3) is 0 Å². The van der Waals surface area contributed by atoms with E-state index >= 15 is 0 Å². The zero-order valence-electron chi connectivity index (χ0n) is 7.33. The van der Waals surface area contributed by atoms with E-state index in [1.54, 1.807) is 0 Å². The number of nitrogens with one attached hydrogen (secondary N) is 1. The summed E-state index contributed by atoms with van der Waals surface area (Å²) in [7, 11) is 0. The van der Waals surface area contributed by atoms with Crippen molar-refractivity contribution in [3.05, 3.63) is 30.1 Å². The summed E-state index contributed by atoms with van der Waals surface area (Å²) in [5, 5.41) is 3.46. The lowest BCUT2D eigenvalue weighted by atomic mass is 10.0. The highest BCUT2D eigenvalue weighted by molar-refractivity contribution is 5.11. The summed E-state index contributed by atoms with van der Waals surface area (Å²) in [5.74, 6) is 0.722. The van der Waals surface area contributed by atoms with Gasteiger partial charge in [-0.25, -0.2) is 0 Å². The van der Waals surface area contributed by atoms with Crippen LogP contribution >= 0.6 is 0 Å². The first-order valence-corrected chi connectivity index (χ1v) is 4.52. The van der Waals surface area contributed by atoms with Crippen molar-refractivity contribution in [2.24, 2.45) is 5.92 Å². The van der Waals surface area contributed by atoms with Gasteiger partial charge in [-0.2, -0.15) is 0 Å². The van der Waals surface area contributed by atoms with Gasteiger partial charge in [0.1, 0.15) is 0 Å². The lowest BCUT2D eigenvalue weighted by molar-refractivity contribution is 0.492. The molecule has 2 rings (SSSR count). The molecule has 12 heavy (non-hydrogen) atoms. The van der Waals surface area contributed by atoms with Gasteiger partial charge in [0.15, 0.2) is 0 Å². The maximum atomic E-state index is 4.35. The molecule has 1 aromatic rings. The predicted octanol–water partition coefficient (Wildman–Crippen LogP) is 1.75. The normalized spacial score (nSPS) is 29.1. The molecule has 1 aliphatic rings. The zero-order valence-corrected chi connectivity index (χ0v) is 7.33. The second-order valence-electron chi connectivity index (χ2n) is 3.45. The Morgan fingerprint density at radius 2 is 2.42 bits per heavy atom. The van der Waals surface area contributed by atoms with E-state index in [1.165, 1.54) is 12.1 Å². The molecule has 1 fully saturated rings. The number of pyridine rings is 1. The van der Waals surface area contributed by atoms with Crippen LogP contribution in [-0.4, -0.2) is 11.5 Å². The molecule has 2 heteroatoms. The minimum Gasteiger partial charge on any atom is -0.308 e. The molecule has 0 radical (unpaired) electrons. The van der Waals surface area contributed by atoms with Gasteiger partial charge in [0.2, 0.25) is 0 Å². The summed E-state index contributed by atoms with van der Waals surface area (Å²) < 4.78 is 0. The van der Waals surface area contributed by atoms with Crippen molar-refractivity contribution in [3.8, 4) is 0 Å². The molecule has 2 heterocycles. The monoisotopic (exact) mass is 162 g/mol. The van der Waals surface area contributed by atoms with Crippen LogP contribution in [0.5, 0.6) is 0 Å². The van der Waals surface area contributed by atoms with Crippen molar-refractivity contribution in [1.82, 2.24) is 10.3 Å². The Morgan fingerprint density at radius 3 is 3.00 bits per heavy atom. The van der Waals surface area contributed by atoms with Crippen molar-refractivity contribution < 1.29 is 0 Å². The van der Waals surface area contributed by atoms with E-state index in [0.717, 1.165) is 12.5 Å². The summed E-state index contributed by atoms with van der Waals surface area (Å²) in [6.45, 7) is 3.40. The van der Waals surface area contributed by atoms with Gasteiger partial charge in [-0.1, -0.05) is 13.0 Å². The Morgan fingerprint density at radius 1 is 1.50 bits per heavy atom. The summed E-state index contributed by atoms with van der Waals surface area (Å²) in [4.78, 5) is 4.35. The Kier molecular flexibility index (Phi) is 2.09. The van der Waals surface area contributed by atoms with Gasteiger partial charge < -0.3 is 5.32 Å². The first-order chi connectivity index (χ1) is 5.88. The molecule has 2 nitrogen and oxygen atoms in total. The number of hydrogen-bond donors (Lipinski definition) is 1. The molecule has 0 aromatic carbocycles. The highest BCUT2D eigenvalue weighted by atomic mass is 15.0. The Hall–Kier alpha value is -0.890. The number of aromatic nitrogens is 1. The largest absolute Gasteiger partial charge is 0.308 e. The van der Waals surface area contributed by atoms with E-state index in [2.05, 4.69) is 29.4 Å². The van der Waals surface area contributed by atoms with Gasteiger partial charge in [-0.15, -0.1) is 0 Å². The minimum absolute atomic E-state index is 0.478. The molecule has 1 aliphatic heterocycles. The van der Waals surface area contributed by atoms with Crippen LogP contribution in [0.1, 0.15) is 25.1 Å². The second-order valence-corrected chi connectivity index (χ2v) is 3.45. The van der Waals surface area contributed by atoms with Gasteiger partial charge in [0.25, 0.3) is 0 Å². The van der Waals surface area contributed by atoms with Crippen molar-refractivity contribution in [2.45, 2.75) is 19.4 Å². The smallest absolute Gasteiger partial charge is 0.0575 e. The summed E-state index contributed by atoms with van der Waals surface area (Å²) in [6, 6.07) is 6.59. The zero-order chi connectivity index (χ0) is 8.39. The SMILES string of the molecule is C[C@@H]1CCN[C@H]1c1ccccn1. The summed E-state index contributed by atoms with van der Waals surface area (Å²) in [6.07, 6.45) is 3.13. The number of nitrogens with zero attached hydrogens (tertiary/aromatic N) is 1. The van der Waals surface area contributed by atoms with E-state index in [1.807, 2.05) is 12.3 Å². The van der Waals surface area contributed by atoms with Gasteiger partial charge in [0.05, 0.1) is 11.7 Å². The van der Waals surface area contributed by atoms with Crippen LogP contribution in [0.15, 0.2) is 24.4 Å². The third-order valence-corrected chi connectivity index (χ3v) is 2.54. The lowest BCUT2D eigenvalue weighted by Gasteiger charge is -2.13. The number of rotatable bonds is 1. The van der Waals surface area contributed by atoms with Crippen LogP contribution in [0.4, 0.5) is 0 Å². The van der Waals surface area contributed by atoms with Crippen molar-refractivity contribution in [2.75, 3.05) is 6.54 Å². The van der Waals surface area contributed by atoms with Crippen molar-refractivity contribution in [3.63, 3.8) is 0 Å². The third kappa shape index (κ3) is 1.34. The van der Waals surface area contributed by atoms with E-state index in [9.17, 15) is 0 Å².